The SMILES string of the molecule is Cc1nnc(C[C@@H]2COc3cc(-c4ccccc4C(=O)NSC(C)(C)C)ccc3C2O)s1. The Kier molecular flexibility index (Phi) is 6.55. The van der Waals surface area contributed by atoms with Crippen molar-refractivity contribution >= 4 is 29.2 Å². The zero-order valence-electron chi connectivity index (χ0n) is 18.6. The summed E-state index contributed by atoms with van der Waals surface area (Å²) >= 11 is 2.95. The molecule has 0 saturated carbocycles. The number of ether oxygens (including phenoxy) is 1. The van der Waals surface area contributed by atoms with E-state index in [9.17, 15) is 9.90 Å². The van der Waals surface area contributed by atoms with Crippen LogP contribution in [0.2, 0.25) is 0 Å². The number of carbonyl (C=O) groups excluding carboxylic acids is 1. The highest BCUT2D eigenvalue weighted by molar-refractivity contribution is 7.99. The molecule has 0 spiro atoms. The first-order valence-corrected chi connectivity index (χ1v) is 12.2. The Morgan fingerprint density at radius 1 is 1.25 bits per heavy atom. The predicted molar refractivity (Wildman–Crippen MR) is 129 cm³/mol. The van der Waals surface area contributed by atoms with Crippen molar-refractivity contribution in [2.45, 2.75) is 45.0 Å². The van der Waals surface area contributed by atoms with Crippen LogP contribution in [0.5, 0.6) is 5.75 Å². The summed E-state index contributed by atoms with van der Waals surface area (Å²) in [5, 5.41) is 21.0. The summed E-state index contributed by atoms with van der Waals surface area (Å²) in [5.41, 5.74) is 3.06. The fourth-order valence-corrected chi connectivity index (χ4v) is 4.93. The van der Waals surface area contributed by atoms with Gasteiger partial charge in [0, 0.05) is 28.2 Å². The smallest absolute Gasteiger partial charge is 0.261 e. The second-order valence-corrected chi connectivity index (χ2v) is 11.8. The molecule has 1 aliphatic rings. The van der Waals surface area contributed by atoms with Gasteiger partial charge in [-0.15, -0.1) is 21.5 Å². The van der Waals surface area contributed by atoms with E-state index in [0.717, 1.165) is 26.7 Å². The molecule has 2 N–H and O–H groups in total. The number of hydrogen-bond donors (Lipinski definition) is 2. The van der Waals surface area contributed by atoms with E-state index in [4.69, 9.17) is 4.74 Å². The average molecular weight is 470 g/mol. The fourth-order valence-electron chi connectivity index (χ4n) is 3.62. The first-order valence-electron chi connectivity index (χ1n) is 10.5. The number of hydrogen-bond acceptors (Lipinski definition) is 7. The van der Waals surface area contributed by atoms with Gasteiger partial charge in [0.2, 0.25) is 0 Å². The summed E-state index contributed by atoms with van der Waals surface area (Å²) < 4.78 is 8.90. The number of amides is 1. The molecule has 1 unspecified atom stereocenters. The normalized spacial score (nSPS) is 18.0. The maximum Gasteiger partial charge on any atom is 0.261 e. The van der Waals surface area contributed by atoms with E-state index >= 15 is 0 Å². The molecule has 2 aromatic carbocycles. The van der Waals surface area contributed by atoms with Gasteiger partial charge in [0.1, 0.15) is 15.8 Å². The lowest BCUT2D eigenvalue weighted by molar-refractivity contribution is 0.0507. The third-order valence-corrected chi connectivity index (χ3v) is 6.93. The van der Waals surface area contributed by atoms with Gasteiger partial charge in [0.25, 0.3) is 5.91 Å². The molecule has 0 radical (unpaired) electrons. The summed E-state index contributed by atoms with van der Waals surface area (Å²) in [6.07, 6.45) is -0.0128. The molecule has 168 valence electrons. The maximum atomic E-state index is 12.8. The van der Waals surface area contributed by atoms with Gasteiger partial charge >= 0.3 is 0 Å². The van der Waals surface area contributed by atoms with Crippen molar-refractivity contribution in [3.8, 4) is 16.9 Å². The van der Waals surface area contributed by atoms with Crippen LogP contribution >= 0.6 is 23.3 Å². The minimum Gasteiger partial charge on any atom is -0.493 e. The first-order chi connectivity index (χ1) is 15.2. The van der Waals surface area contributed by atoms with Crippen LogP contribution < -0.4 is 9.46 Å². The van der Waals surface area contributed by atoms with Crippen molar-refractivity contribution < 1.29 is 14.6 Å². The highest BCUT2D eigenvalue weighted by Gasteiger charge is 2.31. The van der Waals surface area contributed by atoms with Gasteiger partial charge in [0.15, 0.2) is 0 Å². The number of aliphatic hydroxyl groups excluding tert-OH is 1. The minimum atomic E-state index is -0.640. The monoisotopic (exact) mass is 469 g/mol. The Hall–Kier alpha value is -2.42. The number of fused-ring (bicyclic) bond motifs is 1. The molecule has 1 aliphatic heterocycles. The molecular weight excluding hydrogens is 442 g/mol. The van der Waals surface area contributed by atoms with Crippen molar-refractivity contribution in [1.82, 2.24) is 14.9 Å². The van der Waals surface area contributed by atoms with E-state index in [2.05, 4.69) is 35.7 Å². The molecule has 3 aromatic rings. The topological polar surface area (TPSA) is 84.3 Å². The van der Waals surface area contributed by atoms with Crippen molar-refractivity contribution in [3.05, 3.63) is 63.6 Å². The zero-order valence-corrected chi connectivity index (χ0v) is 20.2. The Bertz CT molecular complexity index is 1120. The van der Waals surface area contributed by atoms with Crippen molar-refractivity contribution in [2.75, 3.05) is 6.61 Å². The van der Waals surface area contributed by atoms with Crippen LogP contribution in [0.15, 0.2) is 42.5 Å². The van der Waals surface area contributed by atoms with E-state index in [1.54, 1.807) is 11.3 Å². The molecule has 0 fully saturated rings. The summed E-state index contributed by atoms with van der Waals surface area (Å²) in [6, 6.07) is 13.3. The highest BCUT2D eigenvalue weighted by atomic mass is 32.2. The first kappa shape index (κ1) is 22.8. The van der Waals surface area contributed by atoms with E-state index < -0.39 is 6.10 Å². The Morgan fingerprint density at radius 2 is 2.03 bits per heavy atom. The number of benzene rings is 2. The van der Waals surface area contributed by atoms with E-state index in [1.165, 1.54) is 11.9 Å². The van der Waals surface area contributed by atoms with Gasteiger partial charge < -0.3 is 9.84 Å². The number of aryl methyl sites for hydroxylation is 1. The fraction of sp³-hybridized carbons (Fsp3) is 0.375. The second kappa shape index (κ2) is 9.21. The van der Waals surface area contributed by atoms with Gasteiger partial charge in [-0.25, -0.2) is 0 Å². The third-order valence-electron chi connectivity index (χ3n) is 5.17. The number of nitrogens with one attached hydrogen (secondary N) is 1. The lowest BCUT2D eigenvalue weighted by atomic mass is 9.89. The third kappa shape index (κ3) is 5.14. The van der Waals surface area contributed by atoms with Crippen LogP contribution in [0.3, 0.4) is 0 Å². The molecule has 0 saturated heterocycles. The number of aliphatic hydroxyl groups is 1. The molecule has 1 amide bonds. The van der Waals surface area contributed by atoms with Gasteiger partial charge in [-0.05, 0) is 62.9 Å². The summed E-state index contributed by atoms with van der Waals surface area (Å²) in [6.45, 7) is 8.48. The number of nitrogens with zero attached hydrogens (tertiary/aromatic N) is 2. The molecule has 1 aromatic heterocycles. The van der Waals surface area contributed by atoms with Crippen LogP contribution in [0.4, 0.5) is 0 Å². The molecule has 0 aliphatic carbocycles. The average Bonchev–Trinajstić information content (AvgIpc) is 3.18. The molecule has 32 heavy (non-hydrogen) atoms. The summed E-state index contributed by atoms with van der Waals surface area (Å²) in [4.78, 5) is 12.8. The van der Waals surface area contributed by atoms with Crippen LogP contribution in [0, 0.1) is 12.8 Å². The molecule has 4 rings (SSSR count). The second-order valence-electron chi connectivity index (χ2n) is 8.88. The Morgan fingerprint density at radius 3 is 2.75 bits per heavy atom. The number of rotatable bonds is 5. The molecule has 8 heteroatoms. The molecular formula is C24H27N3O3S2. The van der Waals surface area contributed by atoms with Crippen LogP contribution in [0.25, 0.3) is 11.1 Å². The zero-order chi connectivity index (χ0) is 22.9. The van der Waals surface area contributed by atoms with Crippen LogP contribution in [-0.4, -0.2) is 32.6 Å². The van der Waals surface area contributed by atoms with E-state index in [-0.39, 0.29) is 16.6 Å². The molecule has 2 heterocycles. The summed E-state index contributed by atoms with van der Waals surface area (Å²) in [7, 11) is 0. The quantitative estimate of drug-likeness (QED) is 0.513. The minimum absolute atomic E-state index is 0.0758. The highest BCUT2D eigenvalue weighted by Crippen LogP contribution is 2.40. The van der Waals surface area contributed by atoms with E-state index in [1.807, 2.05) is 49.4 Å². The molecule has 2 atom stereocenters. The Balaban J connectivity index is 1.56. The standard InChI is InChI=1S/C24H27N3O3S2/c1-14-25-26-21(31-14)12-16-13-30-20-11-15(9-10-19(20)22(16)28)17-7-5-6-8-18(17)23(29)27-32-24(2,3)4/h5-11,16,22,28H,12-13H2,1-4H3,(H,27,29)/t16-,22?/m1/s1. The van der Waals surface area contributed by atoms with Gasteiger partial charge in [0.05, 0.1) is 12.7 Å². The van der Waals surface area contributed by atoms with Crippen molar-refractivity contribution in [1.29, 1.82) is 0 Å². The maximum absolute atomic E-state index is 12.8. The lowest BCUT2D eigenvalue weighted by Gasteiger charge is -2.30. The lowest BCUT2D eigenvalue weighted by Crippen LogP contribution is -2.27. The summed E-state index contributed by atoms with van der Waals surface area (Å²) in [5.74, 6) is 0.443. The van der Waals surface area contributed by atoms with Crippen LogP contribution in [0.1, 0.15) is 52.8 Å². The number of carbonyl (C=O) groups is 1. The van der Waals surface area contributed by atoms with Crippen molar-refractivity contribution in [3.63, 3.8) is 0 Å². The van der Waals surface area contributed by atoms with Gasteiger partial charge in [-0.1, -0.05) is 30.3 Å². The van der Waals surface area contributed by atoms with Gasteiger partial charge in [-0.2, -0.15) is 0 Å². The van der Waals surface area contributed by atoms with E-state index in [0.29, 0.717) is 24.3 Å². The van der Waals surface area contributed by atoms with Crippen LogP contribution in [-0.2, 0) is 6.42 Å². The van der Waals surface area contributed by atoms with Gasteiger partial charge in [-0.3, -0.25) is 9.52 Å². The Labute approximate surface area is 196 Å². The van der Waals surface area contributed by atoms with Crippen molar-refractivity contribution in [2.24, 2.45) is 5.92 Å². The predicted octanol–water partition coefficient (Wildman–Crippen LogP) is 4.97. The molecule has 6 nitrogen and oxygen atoms in total. The largest absolute Gasteiger partial charge is 0.493 e. The number of aromatic nitrogens is 2. The molecule has 0 bridgehead atoms.